The van der Waals surface area contributed by atoms with Gasteiger partial charge in [0.25, 0.3) is 0 Å². The molecular formula is C14H19NO5S. The molecule has 0 radical (unpaired) electrons. The lowest BCUT2D eigenvalue weighted by Gasteiger charge is -2.31. The van der Waals surface area contributed by atoms with Crippen molar-refractivity contribution in [3.63, 3.8) is 0 Å². The zero-order chi connectivity index (χ0) is 15.5. The van der Waals surface area contributed by atoms with Crippen LogP contribution < -0.4 is 0 Å². The number of ether oxygens (including phenoxy) is 1. The number of carbonyl (C=O) groups is 1. The highest BCUT2D eigenvalue weighted by atomic mass is 32.2. The maximum atomic E-state index is 12.4. The molecule has 0 amide bonds. The molecule has 0 bridgehead atoms. The van der Waals surface area contributed by atoms with Crippen molar-refractivity contribution in [2.75, 3.05) is 20.2 Å². The van der Waals surface area contributed by atoms with E-state index in [4.69, 9.17) is 9.84 Å². The van der Waals surface area contributed by atoms with Gasteiger partial charge in [0.1, 0.15) is 0 Å². The Bertz CT molecular complexity index is 596. The Labute approximate surface area is 124 Å². The minimum absolute atomic E-state index is 0.0529. The lowest BCUT2D eigenvalue weighted by molar-refractivity contribution is 0.0571. The molecule has 1 fully saturated rings. The molecular weight excluding hydrogens is 294 g/mol. The van der Waals surface area contributed by atoms with Crippen LogP contribution in [0.4, 0.5) is 0 Å². The maximum absolute atomic E-state index is 12.4. The highest BCUT2D eigenvalue weighted by Gasteiger charge is 2.28. The molecule has 0 spiro atoms. The molecule has 1 aromatic carbocycles. The SMILES string of the molecule is COC1CCCN(S(=O)(=O)Cc2ccc(C(=O)O)cc2)C1. The largest absolute Gasteiger partial charge is 0.478 e. The molecule has 1 atom stereocenters. The first kappa shape index (κ1) is 15.9. The summed E-state index contributed by atoms with van der Waals surface area (Å²) in [6.07, 6.45) is 1.61. The van der Waals surface area contributed by atoms with E-state index in [1.54, 1.807) is 19.2 Å². The Morgan fingerprint density at radius 1 is 1.38 bits per heavy atom. The molecule has 1 aliphatic rings. The van der Waals surface area contributed by atoms with Crippen LogP contribution >= 0.6 is 0 Å². The van der Waals surface area contributed by atoms with Crippen LogP contribution in [-0.4, -0.2) is 50.1 Å². The zero-order valence-corrected chi connectivity index (χ0v) is 12.7. The van der Waals surface area contributed by atoms with E-state index in [9.17, 15) is 13.2 Å². The molecule has 0 saturated carbocycles. The first-order valence-electron chi connectivity index (χ1n) is 6.75. The smallest absolute Gasteiger partial charge is 0.335 e. The van der Waals surface area contributed by atoms with E-state index in [1.165, 1.54) is 16.4 Å². The van der Waals surface area contributed by atoms with Crippen LogP contribution in [0.5, 0.6) is 0 Å². The molecule has 1 aliphatic heterocycles. The number of carboxylic acids is 1. The van der Waals surface area contributed by atoms with Crippen LogP contribution in [0.25, 0.3) is 0 Å². The molecule has 6 nitrogen and oxygen atoms in total. The fourth-order valence-electron chi connectivity index (χ4n) is 2.40. The summed E-state index contributed by atoms with van der Waals surface area (Å²) in [5.41, 5.74) is 0.730. The van der Waals surface area contributed by atoms with Crippen LogP contribution in [0.1, 0.15) is 28.8 Å². The lowest BCUT2D eigenvalue weighted by atomic mass is 10.1. The monoisotopic (exact) mass is 313 g/mol. The predicted octanol–water partition coefficient (Wildman–Crippen LogP) is 1.33. The number of methoxy groups -OCH3 is 1. The van der Waals surface area contributed by atoms with Crippen molar-refractivity contribution < 1.29 is 23.1 Å². The standard InChI is InChI=1S/C14H19NO5S/c1-20-13-3-2-8-15(9-13)21(18,19)10-11-4-6-12(7-5-11)14(16)17/h4-7,13H,2-3,8-10H2,1H3,(H,16,17). The number of hydrogen-bond acceptors (Lipinski definition) is 4. The Morgan fingerprint density at radius 3 is 2.62 bits per heavy atom. The summed E-state index contributed by atoms with van der Waals surface area (Å²) < 4.78 is 31.5. The van der Waals surface area contributed by atoms with Crippen molar-refractivity contribution in [1.29, 1.82) is 0 Å². The number of rotatable bonds is 5. The van der Waals surface area contributed by atoms with Crippen molar-refractivity contribution >= 4 is 16.0 Å². The van der Waals surface area contributed by atoms with Gasteiger partial charge in [-0.15, -0.1) is 0 Å². The third-order valence-electron chi connectivity index (χ3n) is 3.62. The molecule has 116 valence electrons. The van der Waals surface area contributed by atoms with E-state index in [1.807, 2.05) is 0 Å². The summed E-state index contributed by atoms with van der Waals surface area (Å²) in [5, 5.41) is 8.83. The summed E-state index contributed by atoms with van der Waals surface area (Å²) in [5.74, 6) is -1.15. The van der Waals surface area contributed by atoms with Crippen LogP contribution in [0, 0.1) is 0 Å². The van der Waals surface area contributed by atoms with Gasteiger partial charge >= 0.3 is 5.97 Å². The van der Waals surface area contributed by atoms with Gasteiger partial charge in [-0.05, 0) is 30.5 Å². The molecule has 2 rings (SSSR count). The number of hydrogen-bond donors (Lipinski definition) is 1. The Kier molecular flexibility index (Phi) is 4.97. The van der Waals surface area contributed by atoms with Gasteiger partial charge in [0.2, 0.25) is 10.0 Å². The van der Waals surface area contributed by atoms with Gasteiger partial charge in [0.15, 0.2) is 0 Å². The van der Waals surface area contributed by atoms with Crippen LogP contribution in [-0.2, 0) is 20.5 Å². The number of sulfonamides is 1. The summed E-state index contributed by atoms with van der Waals surface area (Å²) in [7, 11) is -1.82. The van der Waals surface area contributed by atoms with Gasteiger partial charge in [-0.3, -0.25) is 0 Å². The minimum atomic E-state index is -3.41. The molecule has 1 saturated heterocycles. The molecule has 1 N–H and O–H groups in total. The summed E-state index contributed by atoms with van der Waals surface area (Å²) >= 11 is 0. The average Bonchev–Trinajstić information content (AvgIpc) is 2.47. The first-order valence-corrected chi connectivity index (χ1v) is 8.36. The highest BCUT2D eigenvalue weighted by Crippen LogP contribution is 2.19. The molecule has 1 unspecified atom stereocenters. The van der Waals surface area contributed by atoms with E-state index >= 15 is 0 Å². The third kappa shape index (κ3) is 4.03. The second kappa shape index (κ2) is 6.55. The number of benzene rings is 1. The van der Waals surface area contributed by atoms with Crippen LogP contribution in [0.3, 0.4) is 0 Å². The number of piperidine rings is 1. The van der Waals surface area contributed by atoms with E-state index in [0.29, 0.717) is 18.7 Å². The van der Waals surface area contributed by atoms with Crippen molar-refractivity contribution in [2.24, 2.45) is 0 Å². The maximum Gasteiger partial charge on any atom is 0.335 e. The molecule has 21 heavy (non-hydrogen) atoms. The van der Waals surface area contributed by atoms with Crippen molar-refractivity contribution in [1.82, 2.24) is 4.31 Å². The quantitative estimate of drug-likeness (QED) is 0.886. The van der Waals surface area contributed by atoms with Crippen LogP contribution in [0.15, 0.2) is 24.3 Å². The number of carboxylic acid groups (broad SMARTS) is 1. The molecule has 1 aromatic rings. The molecule has 1 heterocycles. The summed E-state index contributed by atoms with van der Waals surface area (Å²) in [6, 6.07) is 5.92. The van der Waals surface area contributed by atoms with E-state index in [-0.39, 0.29) is 17.4 Å². The van der Waals surface area contributed by atoms with Crippen molar-refractivity contribution in [2.45, 2.75) is 24.7 Å². The topological polar surface area (TPSA) is 83.9 Å². The lowest BCUT2D eigenvalue weighted by Crippen LogP contribution is -2.43. The van der Waals surface area contributed by atoms with Gasteiger partial charge < -0.3 is 9.84 Å². The first-order chi connectivity index (χ1) is 9.92. The number of nitrogens with zero attached hydrogens (tertiary/aromatic N) is 1. The van der Waals surface area contributed by atoms with E-state index < -0.39 is 16.0 Å². The third-order valence-corrected chi connectivity index (χ3v) is 5.43. The van der Waals surface area contributed by atoms with E-state index in [2.05, 4.69) is 0 Å². The Hall–Kier alpha value is -1.44. The van der Waals surface area contributed by atoms with Crippen molar-refractivity contribution in [3.05, 3.63) is 35.4 Å². The van der Waals surface area contributed by atoms with Crippen LogP contribution in [0.2, 0.25) is 0 Å². The molecule has 0 aromatic heterocycles. The minimum Gasteiger partial charge on any atom is -0.478 e. The second-order valence-electron chi connectivity index (χ2n) is 5.12. The van der Waals surface area contributed by atoms with Gasteiger partial charge in [-0.2, -0.15) is 4.31 Å². The Morgan fingerprint density at radius 2 is 2.05 bits per heavy atom. The van der Waals surface area contributed by atoms with Crippen molar-refractivity contribution in [3.8, 4) is 0 Å². The second-order valence-corrected chi connectivity index (χ2v) is 7.09. The fourth-order valence-corrected chi connectivity index (χ4v) is 3.99. The molecule has 0 aliphatic carbocycles. The highest BCUT2D eigenvalue weighted by molar-refractivity contribution is 7.88. The average molecular weight is 313 g/mol. The van der Waals surface area contributed by atoms with Gasteiger partial charge in [-0.25, -0.2) is 13.2 Å². The molecule has 7 heteroatoms. The zero-order valence-electron chi connectivity index (χ0n) is 11.9. The van der Waals surface area contributed by atoms with E-state index in [0.717, 1.165) is 12.8 Å². The van der Waals surface area contributed by atoms with Gasteiger partial charge in [-0.1, -0.05) is 12.1 Å². The predicted molar refractivity (Wildman–Crippen MR) is 77.6 cm³/mol. The summed E-state index contributed by atoms with van der Waals surface area (Å²) in [6.45, 7) is 0.890. The number of aromatic carboxylic acids is 1. The van der Waals surface area contributed by atoms with Gasteiger partial charge in [0.05, 0.1) is 17.4 Å². The van der Waals surface area contributed by atoms with Gasteiger partial charge in [0, 0.05) is 20.2 Å². The fraction of sp³-hybridized carbons (Fsp3) is 0.500. The summed E-state index contributed by atoms with van der Waals surface area (Å²) in [4.78, 5) is 10.8. The Balaban J connectivity index is 2.08. The normalized spacial score (nSPS) is 20.3.